The van der Waals surface area contributed by atoms with Crippen molar-refractivity contribution in [3.8, 4) is 11.5 Å². The van der Waals surface area contributed by atoms with E-state index < -0.39 is 16.5 Å². The van der Waals surface area contributed by atoms with Gasteiger partial charge in [0.25, 0.3) is 0 Å². The third-order valence-corrected chi connectivity index (χ3v) is 7.58. The van der Waals surface area contributed by atoms with E-state index in [-0.39, 0.29) is 11.6 Å². The molecule has 0 fully saturated rings. The zero-order chi connectivity index (χ0) is 33.9. The summed E-state index contributed by atoms with van der Waals surface area (Å²) in [6.07, 6.45) is 12.1. The molecule has 0 N–H and O–H groups in total. The molecule has 0 aliphatic heterocycles. The van der Waals surface area contributed by atoms with Crippen LogP contribution in [0.25, 0.3) is 5.57 Å². The van der Waals surface area contributed by atoms with Crippen molar-refractivity contribution in [1.29, 1.82) is 0 Å². The lowest BCUT2D eigenvalue weighted by atomic mass is 9.87. The summed E-state index contributed by atoms with van der Waals surface area (Å²) in [6.45, 7) is 19.0. The first kappa shape index (κ1) is 41.4. The number of alkyl halides is 1. The molecular weight excluding hydrogens is 571 g/mol. The highest BCUT2D eigenvalue weighted by Gasteiger charge is 2.20. The molecule has 0 amide bonds. The van der Waals surface area contributed by atoms with Crippen LogP contribution >= 0.6 is 0 Å². The molecule has 0 aromatic heterocycles. The van der Waals surface area contributed by atoms with E-state index in [1.54, 1.807) is 20.1 Å². The maximum absolute atomic E-state index is 14.3. The maximum atomic E-state index is 14.3. The van der Waals surface area contributed by atoms with Gasteiger partial charge >= 0.3 is 0 Å². The molecule has 1 atom stereocenters. The largest absolute Gasteiger partial charge is 0.457 e. The summed E-state index contributed by atoms with van der Waals surface area (Å²) >= 11 is 0. The van der Waals surface area contributed by atoms with Gasteiger partial charge in [0.2, 0.25) is 0 Å². The topological polar surface area (TPSA) is 60.4 Å². The average molecular weight is 631 g/mol. The Morgan fingerprint density at radius 1 is 0.977 bits per heavy atom. The lowest BCUT2D eigenvalue weighted by Gasteiger charge is -2.22. The van der Waals surface area contributed by atoms with E-state index in [0.717, 1.165) is 43.6 Å². The van der Waals surface area contributed by atoms with E-state index in [1.807, 2.05) is 24.3 Å². The third kappa shape index (κ3) is 17.6. The Kier molecular flexibility index (Phi) is 20.7. The molecule has 44 heavy (non-hydrogen) atoms. The SMILES string of the molecule is CC(=O)CCS(C)=O.CC(C)=O.CC/C=C(\CCC(C)C)c1c(Oc2ccc(C(C)(C)F)cc2)ccc(CCCC)c1CC. The molecule has 0 aliphatic carbocycles. The van der Waals surface area contributed by atoms with Crippen LogP contribution in [0.5, 0.6) is 11.5 Å². The van der Waals surface area contributed by atoms with Crippen molar-refractivity contribution in [3.63, 3.8) is 0 Å². The van der Waals surface area contributed by atoms with Crippen LogP contribution < -0.4 is 4.74 Å². The minimum atomic E-state index is -1.35. The number of hydrogen-bond donors (Lipinski definition) is 0. The van der Waals surface area contributed by atoms with Gasteiger partial charge in [0.05, 0.1) is 0 Å². The highest BCUT2D eigenvalue weighted by atomic mass is 32.2. The smallest absolute Gasteiger partial charge is 0.135 e. The molecule has 2 rings (SSSR count). The minimum absolute atomic E-state index is 0.111. The molecule has 6 heteroatoms. The van der Waals surface area contributed by atoms with Crippen LogP contribution in [0.2, 0.25) is 0 Å². The molecule has 0 spiro atoms. The molecule has 248 valence electrons. The van der Waals surface area contributed by atoms with E-state index in [2.05, 4.69) is 52.8 Å². The van der Waals surface area contributed by atoms with Crippen molar-refractivity contribution >= 4 is 27.9 Å². The lowest BCUT2D eigenvalue weighted by molar-refractivity contribution is -0.117. The fourth-order valence-electron chi connectivity index (χ4n) is 4.47. The van der Waals surface area contributed by atoms with E-state index in [9.17, 15) is 18.2 Å². The van der Waals surface area contributed by atoms with Gasteiger partial charge in [0, 0.05) is 34.8 Å². The second kappa shape index (κ2) is 22.0. The Morgan fingerprint density at radius 2 is 1.57 bits per heavy atom. The highest BCUT2D eigenvalue weighted by molar-refractivity contribution is 7.84. The molecule has 0 bridgehead atoms. The summed E-state index contributed by atoms with van der Waals surface area (Å²) in [6, 6.07) is 11.8. The number of carbonyl (C=O) groups excluding carboxylic acids is 2. The number of ether oxygens (including phenoxy) is 1. The quantitative estimate of drug-likeness (QED) is 0.196. The predicted molar refractivity (Wildman–Crippen MR) is 188 cm³/mol. The Morgan fingerprint density at radius 3 is 1.98 bits per heavy atom. The van der Waals surface area contributed by atoms with E-state index in [4.69, 9.17) is 4.74 Å². The first-order valence-electron chi connectivity index (χ1n) is 16.1. The second-order valence-corrected chi connectivity index (χ2v) is 13.9. The molecule has 0 heterocycles. The fourth-order valence-corrected chi connectivity index (χ4v) is 5.04. The summed E-state index contributed by atoms with van der Waals surface area (Å²) in [4.78, 5) is 19.7. The summed E-state index contributed by atoms with van der Waals surface area (Å²) in [5, 5.41) is 0. The van der Waals surface area contributed by atoms with Gasteiger partial charge in [-0.2, -0.15) is 0 Å². The van der Waals surface area contributed by atoms with Crippen molar-refractivity contribution in [2.45, 2.75) is 126 Å². The van der Waals surface area contributed by atoms with Crippen molar-refractivity contribution in [2.75, 3.05) is 12.0 Å². The minimum Gasteiger partial charge on any atom is -0.457 e. The van der Waals surface area contributed by atoms with Gasteiger partial charge in [-0.25, -0.2) is 4.39 Å². The van der Waals surface area contributed by atoms with E-state index >= 15 is 0 Å². The number of benzene rings is 2. The van der Waals surface area contributed by atoms with Crippen LogP contribution in [0, 0.1) is 5.92 Å². The Hall–Kier alpha value is -2.60. The zero-order valence-electron chi connectivity index (χ0n) is 29.4. The number of carbonyl (C=O) groups is 2. The molecular formula is C38H59FO4S. The molecule has 1 unspecified atom stereocenters. The van der Waals surface area contributed by atoms with E-state index in [0.29, 0.717) is 23.7 Å². The number of hydrogen-bond acceptors (Lipinski definition) is 4. The van der Waals surface area contributed by atoms with Gasteiger partial charge in [-0.15, -0.1) is 0 Å². The lowest BCUT2D eigenvalue weighted by Crippen LogP contribution is -2.08. The fraction of sp³-hybridized carbons (Fsp3) is 0.579. The highest BCUT2D eigenvalue weighted by Crippen LogP contribution is 2.39. The first-order chi connectivity index (χ1) is 20.6. The summed E-state index contributed by atoms with van der Waals surface area (Å²) < 4.78 is 31.0. The van der Waals surface area contributed by atoms with E-state index in [1.165, 1.54) is 55.9 Å². The summed E-state index contributed by atoms with van der Waals surface area (Å²) in [5.41, 5.74) is 4.84. The standard InChI is InChI=1S/C30H43FO.C5H10O2S.C3H6O/c1-8-11-13-23-16-21-28(32-26-19-17-25(18-20-26)30(6,7)31)29(27(23)10-3)24(12-9-2)15-14-22(4)5;1-5(6)3-4-8(2)7;1-3(2)4/h12,16-22H,8-11,13-15H2,1-7H3;3-4H2,1-2H3;1-2H3/b24-12+;;. The molecule has 0 saturated carbocycles. The number of Topliss-reactive ketones (excluding diaryl/α,β-unsaturated/α-hetero) is 2. The molecule has 2 aromatic rings. The van der Waals surface area contributed by atoms with Gasteiger partial charge in [0.15, 0.2) is 0 Å². The van der Waals surface area contributed by atoms with Gasteiger partial charge in [-0.1, -0.05) is 65.3 Å². The first-order valence-corrected chi connectivity index (χ1v) is 17.9. The van der Waals surface area contributed by atoms with Gasteiger partial charge in [-0.3, -0.25) is 9.00 Å². The number of halogens is 1. The second-order valence-electron chi connectivity index (χ2n) is 12.3. The van der Waals surface area contributed by atoms with Gasteiger partial charge in [0.1, 0.15) is 28.7 Å². The van der Waals surface area contributed by atoms with Crippen LogP contribution in [-0.2, 0) is 38.9 Å². The van der Waals surface area contributed by atoms with Crippen LogP contribution in [-0.4, -0.2) is 27.8 Å². The molecule has 0 radical (unpaired) electrons. The number of ketones is 2. The Bertz CT molecular complexity index is 1170. The van der Waals surface area contributed by atoms with Crippen molar-refractivity contribution < 1.29 is 22.9 Å². The number of rotatable bonds is 15. The van der Waals surface area contributed by atoms with Crippen LogP contribution in [0.4, 0.5) is 4.39 Å². The van der Waals surface area contributed by atoms with Gasteiger partial charge < -0.3 is 9.53 Å². The van der Waals surface area contributed by atoms with Crippen LogP contribution in [0.1, 0.15) is 130 Å². The van der Waals surface area contributed by atoms with Crippen LogP contribution in [0.3, 0.4) is 0 Å². The Labute approximate surface area is 270 Å². The zero-order valence-corrected chi connectivity index (χ0v) is 30.2. The number of aryl methyl sites for hydroxylation is 1. The maximum Gasteiger partial charge on any atom is 0.135 e. The van der Waals surface area contributed by atoms with Crippen molar-refractivity contribution in [2.24, 2.45) is 5.92 Å². The molecule has 0 aliphatic rings. The Balaban J connectivity index is 0.00000130. The molecule has 4 nitrogen and oxygen atoms in total. The average Bonchev–Trinajstić information content (AvgIpc) is 2.93. The van der Waals surface area contributed by atoms with Gasteiger partial charge in [-0.05, 0) is 120 Å². The monoisotopic (exact) mass is 630 g/mol. The summed E-state index contributed by atoms with van der Waals surface area (Å²) in [5.74, 6) is 3.11. The number of unbranched alkanes of at least 4 members (excludes halogenated alkanes) is 1. The number of allylic oxidation sites excluding steroid dienone is 2. The normalized spacial score (nSPS) is 12.1. The van der Waals surface area contributed by atoms with Crippen molar-refractivity contribution in [1.82, 2.24) is 0 Å². The van der Waals surface area contributed by atoms with Crippen molar-refractivity contribution in [3.05, 3.63) is 64.7 Å². The summed E-state index contributed by atoms with van der Waals surface area (Å²) in [7, 11) is -0.807. The predicted octanol–water partition coefficient (Wildman–Crippen LogP) is 10.8. The van der Waals surface area contributed by atoms with Crippen LogP contribution in [0.15, 0.2) is 42.5 Å². The molecule has 0 saturated heterocycles. The molecule has 2 aromatic carbocycles. The third-order valence-electron chi connectivity index (χ3n) is 6.80.